The number of benzene rings is 1. The Morgan fingerprint density at radius 3 is 2.76 bits per heavy atom. The van der Waals surface area contributed by atoms with E-state index in [-0.39, 0.29) is 0 Å². The number of hydrogen-bond donors (Lipinski definition) is 1. The van der Waals surface area contributed by atoms with Crippen LogP contribution in [0.5, 0.6) is 0 Å². The van der Waals surface area contributed by atoms with Crippen molar-refractivity contribution in [1.29, 1.82) is 0 Å². The predicted octanol–water partition coefficient (Wildman–Crippen LogP) is 4.02. The molecule has 17 heavy (non-hydrogen) atoms. The zero-order chi connectivity index (χ0) is 11.2. The smallest absolute Gasteiger partial charge is 0.0375 e. The van der Waals surface area contributed by atoms with Gasteiger partial charge in [0, 0.05) is 12.2 Å². The summed E-state index contributed by atoms with van der Waals surface area (Å²) in [6, 6.07) is 8.99. The molecular weight excluding hydrogens is 206 g/mol. The van der Waals surface area contributed by atoms with Gasteiger partial charge in [-0.05, 0) is 61.0 Å². The minimum Gasteiger partial charge on any atom is -0.385 e. The van der Waals surface area contributed by atoms with Crippen molar-refractivity contribution in [2.75, 3.05) is 11.9 Å². The lowest BCUT2D eigenvalue weighted by molar-refractivity contribution is 0.272. The normalized spacial score (nSPS) is 38.8. The van der Waals surface area contributed by atoms with Gasteiger partial charge >= 0.3 is 0 Å². The van der Waals surface area contributed by atoms with E-state index in [9.17, 15) is 0 Å². The number of para-hydroxylation sites is 1. The molecule has 2 saturated carbocycles. The van der Waals surface area contributed by atoms with E-state index in [1.165, 1.54) is 44.3 Å². The van der Waals surface area contributed by atoms with E-state index in [2.05, 4.69) is 29.6 Å². The molecule has 2 aliphatic carbocycles. The van der Waals surface area contributed by atoms with Gasteiger partial charge in [0.15, 0.2) is 0 Å². The van der Waals surface area contributed by atoms with Gasteiger partial charge in [0.05, 0.1) is 0 Å². The molecule has 0 radical (unpaired) electrons. The topological polar surface area (TPSA) is 12.0 Å². The van der Waals surface area contributed by atoms with Gasteiger partial charge in [-0.2, -0.15) is 0 Å². The molecule has 4 unspecified atom stereocenters. The highest BCUT2D eigenvalue weighted by Crippen LogP contribution is 2.55. The maximum Gasteiger partial charge on any atom is 0.0375 e. The van der Waals surface area contributed by atoms with Gasteiger partial charge in [0.25, 0.3) is 0 Å². The van der Waals surface area contributed by atoms with Crippen LogP contribution in [0.2, 0.25) is 0 Å². The number of hydrogen-bond acceptors (Lipinski definition) is 1. The lowest BCUT2D eigenvalue weighted by atomic mass is 9.73. The van der Waals surface area contributed by atoms with Crippen LogP contribution in [0.25, 0.3) is 0 Å². The van der Waals surface area contributed by atoms with Gasteiger partial charge in [-0.3, -0.25) is 0 Å². The minimum absolute atomic E-state index is 0.850. The van der Waals surface area contributed by atoms with Crippen molar-refractivity contribution < 1.29 is 0 Å². The van der Waals surface area contributed by atoms with Crippen LogP contribution in [0.4, 0.5) is 5.69 Å². The summed E-state index contributed by atoms with van der Waals surface area (Å²) in [6.45, 7) is 1.18. The third-order valence-corrected chi connectivity index (χ3v) is 5.44. The fourth-order valence-electron chi connectivity index (χ4n) is 4.73. The lowest BCUT2D eigenvalue weighted by Gasteiger charge is -2.35. The van der Waals surface area contributed by atoms with E-state index in [0.717, 1.165) is 23.7 Å². The number of nitrogens with one attached hydrogen (secondary N) is 1. The van der Waals surface area contributed by atoms with E-state index in [4.69, 9.17) is 0 Å². The molecule has 0 aromatic heterocycles. The Morgan fingerprint density at radius 2 is 1.94 bits per heavy atom. The van der Waals surface area contributed by atoms with Gasteiger partial charge in [0.1, 0.15) is 0 Å². The summed E-state index contributed by atoms with van der Waals surface area (Å²) in [5, 5.41) is 3.56. The van der Waals surface area contributed by atoms with Crippen molar-refractivity contribution in [2.24, 2.45) is 17.8 Å². The molecule has 0 spiro atoms. The third-order valence-electron chi connectivity index (χ3n) is 5.44. The first-order valence-corrected chi connectivity index (χ1v) is 7.24. The molecule has 4 rings (SSSR count). The minimum atomic E-state index is 0.850. The second kappa shape index (κ2) is 3.76. The Morgan fingerprint density at radius 1 is 1.00 bits per heavy atom. The van der Waals surface area contributed by atoms with Crippen LogP contribution in [0.15, 0.2) is 24.3 Å². The molecule has 0 amide bonds. The quantitative estimate of drug-likeness (QED) is 0.764. The summed E-state index contributed by atoms with van der Waals surface area (Å²) in [7, 11) is 0. The molecule has 90 valence electrons. The van der Waals surface area contributed by atoms with Gasteiger partial charge in [-0.15, -0.1) is 0 Å². The van der Waals surface area contributed by atoms with E-state index in [1.54, 1.807) is 5.56 Å². The highest BCUT2D eigenvalue weighted by molar-refractivity contribution is 5.55. The van der Waals surface area contributed by atoms with E-state index < -0.39 is 0 Å². The molecule has 0 saturated heterocycles. The molecular formula is C16H21N. The zero-order valence-corrected chi connectivity index (χ0v) is 10.4. The highest BCUT2D eigenvalue weighted by atomic mass is 14.9. The van der Waals surface area contributed by atoms with Gasteiger partial charge in [-0.1, -0.05) is 24.6 Å². The van der Waals surface area contributed by atoms with Crippen molar-refractivity contribution >= 4 is 5.69 Å². The Balaban J connectivity index is 1.67. The van der Waals surface area contributed by atoms with Gasteiger partial charge in [0.2, 0.25) is 0 Å². The van der Waals surface area contributed by atoms with Gasteiger partial charge < -0.3 is 5.32 Å². The summed E-state index contributed by atoms with van der Waals surface area (Å²) in [5.41, 5.74) is 3.02. The van der Waals surface area contributed by atoms with Crippen LogP contribution >= 0.6 is 0 Å². The second-order valence-corrected chi connectivity index (χ2v) is 6.25. The lowest BCUT2D eigenvalue weighted by Crippen LogP contribution is -2.26. The maximum atomic E-state index is 3.56. The molecule has 1 aliphatic heterocycles. The SMILES string of the molecule is c1ccc2c(c1)NCCC2C1CC2CCC1C2. The Labute approximate surface area is 104 Å². The van der Waals surface area contributed by atoms with Crippen LogP contribution in [-0.2, 0) is 0 Å². The van der Waals surface area contributed by atoms with Crippen molar-refractivity contribution in [3.8, 4) is 0 Å². The van der Waals surface area contributed by atoms with E-state index in [0.29, 0.717) is 0 Å². The Bertz CT molecular complexity index is 425. The average molecular weight is 227 g/mol. The van der Waals surface area contributed by atoms with Crippen LogP contribution in [0.3, 0.4) is 0 Å². The Hall–Kier alpha value is -0.980. The van der Waals surface area contributed by atoms with Crippen LogP contribution in [-0.4, -0.2) is 6.54 Å². The largest absolute Gasteiger partial charge is 0.385 e. The fourth-order valence-corrected chi connectivity index (χ4v) is 4.73. The molecule has 1 heteroatoms. The van der Waals surface area contributed by atoms with Gasteiger partial charge in [-0.25, -0.2) is 0 Å². The van der Waals surface area contributed by atoms with Crippen LogP contribution in [0.1, 0.15) is 43.6 Å². The summed E-state index contributed by atoms with van der Waals surface area (Å²) in [4.78, 5) is 0. The molecule has 1 N–H and O–H groups in total. The van der Waals surface area contributed by atoms with E-state index >= 15 is 0 Å². The standard InChI is InChI=1S/C16H21N/c1-2-4-16-14(3-1)13(7-8-17-16)15-10-11-5-6-12(15)9-11/h1-4,11-13,15,17H,5-10H2. The molecule has 1 nitrogen and oxygen atoms in total. The first-order chi connectivity index (χ1) is 8.42. The summed E-state index contributed by atoms with van der Waals surface area (Å²) in [6.07, 6.45) is 7.44. The van der Waals surface area contributed by atoms with Crippen molar-refractivity contribution in [1.82, 2.24) is 0 Å². The first kappa shape index (κ1) is 9.99. The molecule has 2 bridgehead atoms. The summed E-state index contributed by atoms with van der Waals surface area (Å²) in [5.74, 6) is 3.97. The van der Waals surface area contributed by atoms with Crippen molar-refractivity contribution in [3.05, 3.63) is 29.8 Å². The summed E-state index contributed by atoms with van der Waals surface area (Å²) < 4.78 is 0. The average Bonchev–Trinajstić information content (AvgIpc) is 3.00. The highest BCUT2D eigenvalue weighted by Gasteiger charge is 2.44. The molecule has 1 heterocycles. The first-order valence-electron chi connectivity index (χ1n) is 7.24. The number of rotatable bonds is 1. The molecule has 2 fully saturated rings. The maximum absolute atomic E-state index is 3.56. The molecule has 3 aliphatic rings. The van der Waals surface area contributed by atoms with E-state index in [1.807, 2.05) is 0 Å². The summed E-state index contributed by atoms with van der Waals surface area (Å²) >= 11 is 0. The monoisotopic (exact) mass is 227 g/mol. The zero-order valence-electron chi connectivity index (χ0n) is 10.4. The van der Waals surface area contributed by atoms with Crippen LogP contribution < -0.4 is 5.32 Å². The fraction of sp³-hybridized carbons (Fsp3) is 0.625. The second-order valence-electron chi connectivity index (χ2n) is 6.25. The molecule has 1 aromatic rings. The predicted molar refractivity (Wildman–Crippen MR) is 71.2 cm³/mol. The third kappa shape index (κ3) is 1.51. The molecule has 1 aromatic carbocycles. The number of fused-ring (bicyclic) bond motifs is 3. The van der Waals surface area contributed by atoms with Crippen molar-refractivity contribution in [2.45, 2.75) is 38.0 Å². The van der Waals surface area contributed by atoms with Crippen LogP contribution in [0, 0.1) is 17.8 Å². The van der Waals surface area contributed by atoms with Crippen molar-refractivity contribution in [3.63, 3.8) is 0 Å². The molecule has 4 atom stereocenters. The number of anilines is 1. The Kier molecular flexibility index (Phi) is 2.21.